The molecule has 0 aliphatic rings. The van der Waals surface area contributed by atoms with E-state index in [1.54, 1.807) is 18.2 Å². The number of hydrogen-bond acceptors (Lipinski definition) is 5. The van der Waals surface area contributed by atoms with E-state index >= 15 is 0 Å². The zero-order chi connectivity index (χ0) is 14.7. The molecule has 2 aromatic rings. The summed E-state index contributed by atoms with van der Waals surface area (Å²) < 4.78 is 5.11. The van der Waals surface area contributed by atoms with Crippen molar-refractivity contribution in [2.45, 2.75) is 26.8 Å². The molecule has 106 valence electrons. The average Bonchev–Trinajstić information content (AvgIpc) is 2.78. The average molecular weight is 274 g/mol. The molecule has 2 rings (SSSR count). The predicted octanol–water partition coefficient (Wildman–Crippen LogP) is 2.07. The summed E-state index contributed by atoms with van der Waals surface area (Å²) in [7, 11) is 0. The van der Waals surface area contributed by atoms with Gasteiger partial charge in [0, 0.05) is 5.56 Å². The number of nitrogen functional groups attached to an aromatic ring is 1. The third-order valence-electron chi connectivity index (χ3n) is 3.20. The molecule has 0 saturated heterocycles. The fourth-order valence-corrected chi connectivity index (χ4v) is 2.26. The van der Waals surface area contributed by atoms with Crippen molar-refractivity contribution < 1.29 is 9.32 Å². The van der Waals surface area contributed by atoms with E-state index in [0.717, 1.165) is 11.3 Å². The number of aryl methyl sites for hydroxylation is 2. The Morgan fingerprint density at radius 1 is 1.35 bits per heavy atom. The molecule has 0 bridgehead atoms. The minimum absolute atomic E-state index is 0.195. The third-order valence-corrected chi connectivity index (χ3v) is 3.20. The van der Waals surface area contributed by atoms with Crippen LogP contribution in [-0.4, -0.2) is 11.1 Å². The fourth-order valence-electron chi connectivity index (χ4n) is 2.26. The summed E-state index contributed by atoms with van der Waals surface area (Å²) in [4.78, 5) is 12.3. The predicted molar refractivity (Wildman–Crippen MR) is 76.1 cm³/mol. The Morgan fingerprint density at radius 2 is 2.05 bits per heavy atom. The lowest BCUT2D eigenvalue weighted by Crippen LogP contribution is -2.28. The molecule has 1 unspecified atom stereocenters. The molecule has 0 fully saturated rings. The number of rotatable bonds is 4. The number of amides is 1. The van der Waals surface area contributed by atoms with Gasteiger partial charge in [-0.3, -0.25) is 10.6 Å². The molecule has 0 saturated carbocycles. The maximum absolute atomic E-state index is 12.3. The van der Waals surface area contributed by atoms with Gasteiger partial charge in [0.1, 0.15) is 5.76 Å². The van der Waals surface area contributed by atoms with E-state index < -0.39 is 0 Å². The minimum Gasteiger partial charge on any atom is -0.361 e. The van der Waals surface area contributed by atoms with E-state index in [0.29, 0.717) is 17.0 Å². The molecule has 6 heteroatoms. The molecule has 1 atom stereocenters. The SMILES string of the molecule is Cc1noc(C)c1C(C)NC(=O)c1ccccc1NN. The lowest BCUT2D eigenvalue weighted by atomic mass is 10.1. The van der Waals surface area contributed by atoms with Crippen molar-refractivity contribution >= 4 is 11.6 Å². The van der Waals surface area contributed by atoms with Gasteiger partial charge in [0.25, 0.3) is 5.91 Å². The molecule has 1 aromatic carbocycles. The zero-order valence-corrected chi connectivity index (χ0v) is 11.7. The van der Waals surface area contributed by atoms with Crippen molar-refractivity contribution in [3.05, 3.63) is 46.8 Å². The largest absolute Gasteiger partial charge is 0.361 e. The first-order chi connectivity index (χ1) is 9.54. The Kier molecular flexibility index (Phi) is 4.05. The summed E-state index contributed by atoms with van der Waals surface area (Å²) >= 11 is 0. The monoisotopic (exact) mass is 274 g/mol. The smallest absolute Gasteiger partial charge is 0.253 e. The maximum Gasteiger partial charge on any atom is 0.253 e. The molecule has 20 heavy (non-hydrogen) atoms. The Balaban J connectivity index is 2.20. The number of hydrogen-bond donors (Lipinski definition) is 3. The van der Waals surface area contributed by atoms with Crippen molar-refractivity contribution in [1.82, 2.24) is 10.5 Å². The second kappa shape index (κ2) is 5.75. The van der Waals surface area contributed by atoms with Crippen molar-refractivity contribution in [3.63, 3.8) is 0 Å². The number of para-hydroxylation sites is 1. The fraction of sp³-hybridized carbons (Fsp3) is 0.286. The van der Waals surface area contributed by atoms with Gasteiger partial charge < -0.3 is 15.3 Å². The van der Waals surface area contributed by atoms with Crippen LogP contribution in [0.2, 0.25) is 0 Å². The normalized spacial score (nSPS) is 12.0. The van der Waals surface area contributed by atoms with Gasteiger partial charge in [-0.05, 0) is 32.9 Å². The van der Waals surface area contributed by atoms with Gasteiger partial charge in [-0.15, -0.1) is 0 Å². The van der Waals surface area contributed by atoms with Crippen LogP contribution in [-0.2, 0) is 0 Å². The van der Waals surface area contributed by atoms with Crippen molar-refractivity contribution in [2.24, 2.45) is 5.84 Å². The first kappa shape index (κ1) is 14.1. The first-order valence-electron chi connectivity index (χ1n) is 6.34. The second-order valence-corrected chi connectivity index (χ2v) is 4.62. The summed E-state index contributed by atoms with van der Waals surface area (Å²) in [5.74, 6) is 5.91. The van der Waals surface area contributed by atoms with Gasteiger partial charge in [-0.25, -0.2) is 0 Å². The van der Waals surface area contributed by atoms with E-state index in [-0.39, 0.29) is 11.9 Å². The molecule has 4 N–H and O–H groups in total. The molecule has 1 aromatic heterocycles. The van der Waals surface area contributed by atoms with Gasteiger partial charge in [-0.1, -0.05) is 17.3 Å². The van der Waals surface area contributed by atoms with E-state index in [1.165, 1.54) is 0 Å². The number of nitrogens with two attached hydrogens (primary N) is 1. The standard InChI is InChI=1S/C14H18N4O2/c1-8(13-9(2)18-20-10(13)3)16-14(19)11-6-4-5-7-12(11)17-15/h4-8,17H,15H2,1-3H3,(H,16,19). The van der Waals surface area contributed by atoms with Crippen molar-refractivity contribution in [2.75, 3.05) is 5.43 Å². The van der Waals surface area contributed by atoms with Gasteiger partial charge in [0.15, 0.2) is 0 Å². The molecule has 1 amide bonds. The Labute approximate surface area is 117 Å². The lowest BCUT2D eigenvalue weighted by Gasteiger charge is -2.15. The van der Waals surface area contributed by atoms with Gasteiger partial charge >= 0.3 is 0 Å². The highest BCUT2D eigenvalue weighted by Gasteiger charge is 2.19. The van der Waals surface area contributed by atoms with Gasteiger partial charge in [0.2, 0.25) is 0 Å². The van der Waals surface area contributed by atoms with Crippen LogP contribution in [0.25, 0.3) is 0 Å². The molecular weight excluding hydrogens is 256 g/mol. The molecule has 0 aliphatic carbocycles. The van der Waals surface area contributed by atoms with Crippen molar-refractivity contribution in [3.8, 4) is 0 Å². The number of nitrogens with zero attached hydrogens (tertiary/aromatic N) is 1. The summed E-state index contributed by atoms with van der Waals surface area (Å²) in [6.45, 7) is 5.57. The zero-order valence-electron chi connectivity index (χ0n) is 11.7. The molecule has 1 heterocycles. The van der Waals surface area contributed by atoms with E-state index in [1.807, 2.05) is 26.8 Å². The van der Waals surface area contributed by atoms with Crippen LogP contribution < -0.4 is 16.6 Å². The molecular formula is C14H18N4O2. The summed E-state index contributed by atoms with van der Waals surface area (Å²) in [6, 6.07) is 6.86. The van der Waals surface area contributed by atoms with Crippen LogP contribution in [0, 0.1) is 13.8 Å². The highest BCUT2D eigenvalue weighted by Crippen LogP contribution is 2.22. The van der Waals surface area contributed by atoms with Gasteiger partial charge in [0.05, 0.1) is 23.0 Å². The number of benzene rings is 1. The van der Waals surface area contributed by atoms with Crippen LogP contribution in [0.1, 0.15) is 40.3 Å². The summed E-state index contributed by atoms with van der Waals surface area (Å²) in [6.07, 6.45) is 0. The quantitative estimate of drug-likeness (QED) is 0.586. The Bertz CT molecular complexity index is 602. The lowest BCUT2D eigenvalue weighted by molar-refractivity contribution is 0.0940. The van der Waals surface area contributed by atoms with E-state index in [2.05, 4.69) is 15.9 Å². The highest BCUT2D eigenvalue weighted by molar-refractivity contribution is 5.99. The van der Waals surface area contributed by atoms with Crippen molar-refractivity contribution in [1.29, 1.82) is 0 Å². The topological polar surface area (TPSA) is 93.2 Å². The third kappa shape index (κ3) is 2.65. The maximum atomic E-state index is 12.3. The molecule has 0 radical (unpaired) electrons. The summed E-state index contributed by atoms with van der Waals surface area (Å²) in [5.41, 5.74) is 5.27. The molecule has 0 spiro atoms. The number of carbonyl (C=O) groups is 1. The molecule has 6 nitrogen and oxygen atoms in total. The van der Waals surface area contributed by atoms with E-state index in [4.69, 9.17) is 10.4 Å². The van der Waals surface area contributed by atoms with Crippen LogP contribution >= 0.6 is 0 Å². The molecule has 0 aliphatic heterocycles. The van der Waals surface area contributed by atoms with Crippen LogP contribution in [0.15, 0.2) is 28.8 Å². The number of aromatic nitrogens is 1. The summed E-state index contributed by atoms with van der Waals surface area (Å²) in [5, 5.41) is 6.81. The van der Waals surface area contributed by atoms with Gasteiger partial charge in [-0.2, -0.15) is 0 Å². The Morgan fingerprint density at radius 3 is 2.65 bits per heavy atom. The van der Waals surface area contributed by atoms with Crippen LogP contribution in [0.3, 0.4) is 0 Å². The number of hydrazine groups is 1. The number of carbonyl (C=O) groups excluding carboxylic acids is 1. The number of nitrogens with one attached hydrogen (secondary N) is 2. The Hall–Kier alpha value is -2.34. The van der Waals surface area contributed by atoms with E-state index in [9.17, 15) is 4.79 Å². The van der Waals surface area contributed by atoms with Crippen LogP contribution in [0.5, 0.6) is 0 Å². The van der Waals surface area contributed by atoms with Crippen LogP contribution in [0.4, 0.5) is 5.69 Å². The number of anilines is 1. The second-order valence-electron chi connectivity index (χ2n) is 4.62. The minimum atomic E-state index is -0.203. The first-order valence-corrected chi connectivity index (χ1v) is 6.34. The highest BCUT2D eigenvalue weighted by atomic mass is 16.5.